The topological polar surface area (TPSA) is 577 Å². The molecular formula is C82H114F6N18O25. The summed E-state index contributed by atoms with van der Waals surface area (Å²) in [6.07, 6.45) is -7.83. The Hall–Kier alpha value is -12.6. The molecule has 9 amide bonds. The second kappa shape index (κ2) is 56.1. The third-order valence-corrected chi connectivity index (χ3v) is 16.9. The molecule has 0 aliphatic heterocycles. The zero-order valence-electron chi connectivity index (χ0n) is 74.6. The number of alkyl carbamates (subject to hydrolysis) is 2. The highest BCUT2D eigenvalue weighted by Gasteiger charge is 2.45. The third-order valence-electron chi connectivity index (χ3n) is 16.9. The number of hydrogen-bond acceptors (Lipinski definition) is 31. The molecule has 0 spiro atoms. The molecule has 43 nitrogen and oxygen atoms in total. The number of amides is 9. The van der Waals surface area contributed by atoms with Crippen LogP contribution in [0.25, 0.3) is 22.3 Å². The van der Waals surface area contributed by atoms with Crippen molar-refractivity contribution in [2.24, 2.45) is 17.6 Å². The molecule has 2 aromatic carbocycles. The third kappa shape index (κ3) is 43.1. The molecule has 0 saturated heterocycles. The fraction of sp³-hybridized carbons (Fsp3) is 0.561. The number of aromatic amines is 2. The first-order valence-corrected chi connectivity index (χ1v) is 41.2. The van der Waals surface area contributed by atoms with E-state index in [4.69, 9.17) is 53.5 Å². The summed E-state index contributed by atoms with van der Waals surface area (Å²) in [5.41, 5.74) is 0.198. The van der Waals surface area contributed by atoms with Gasteiger partial charge < -0.3 is 84.8 Å². The summed E-state index contributed by atoms with van der Waals surface area (Å²) in [5, 5.41) is 26.4. The molecule has 12 N–H and O–H groups in total. The predicted molar refractivity (Wildman–Crippen MR) is 457 cm³/mol. The number of aliphatic carboxylic acids is 1. The zero-order chi connectivity index (χ0) is 97.6. The van der Waals surface area contributed by atoms with Gasteiger partial charge in [-0.3, -0.25) is 78.3 Å². The lowest BCUT2D eigenvalue weighted by atomic mass is 10.1. The van der Waals surface area contributed by atoms with E-state index in [0.717, 1.165) is 88.0 Å². The summed E-state index contributed by atoms with van der Waals surface area (Å²) in [6, 6.07) is 6.05. The molecule has 4 heterocycles. The Morgan fingerprint density at radius 3 is 1.11 bits per heavy atom. The van der Waals surface area contributed by atoms with E-state index in [0.29, 0.717) is 122 Å². The number of H-pyrrole nitrogens is 2. The van der Waals surface area contributed by atoms with Crippen LogP contribution in [0.3, 0.4) is 0 Å². The van der Waals surface area contributed by atoms with Crippen LogP contribution in [0.1, 0.15) is 153 Å². The fourth-order valence-corrected chi connectivity index (χ4v) is 10.4. The lowest BCUT2D eigenvalue weighted by Gasteiger charge is -2.24. The maximum Gasteiger partial charge on any atom is 0.471 e. The van der Waals surface area contributed by atoms with Crippen molar-refractivity contribution in [2.75, 3.05) is 140 Å². The number of ether oxygens (including phenoxy) is 10. The number of nitrogens with two attached hydrogens (primary N) is 1. The van der Waals surface area contributed by atoms with Crippen molar-refractivity contribution in [3.8, 4) is 0 Å². The Bertz CT molecular complexity index is 4840. The second-order valence-electron chi connectivity index (χ2n) is 30.7. The number of methoxy groups -OCH3 is 2. The van der Waals surface area contributed by atoms with Gasteiger partial charge in [-0.25, -0.2) is 39.1 Å². The summed E-state index contributed by atoms with van der Waals surface area (Å²) in [6.45, 7) is 23.3. The van der Waals surface area contributed by atoms with Crippen molar-refractivity contribution in [2.45, 2.75) is 169 Å². The number of alkyl halides is 6. The SMILES string of the molecule is CC(C)(C)OC(=O)NCCCOCCOCCOCCCN.COC(=O)[C@@H](CCC(=O)NCCCOCCOCCOCCCNC(=O)OC(C)(C)C)NC(=O)c1ccc(N(Cc2cnc3nc(NC(=O)C(C)C)[nH]c(=O)c3n2)C(=O)C(F)(F)F)cc1.COC(=O)[C@@H](CCC(=O)O)NC(=O)c1ccc(N(Cc2cnc3nc(NC(=O)C(C)C)[nH]c(=O)c3n2)C(=O)C(F)(F)F)cc1. The molecule has 0 aliphatic carbocycles. The van der Waals surface area contributed by atoms with Gasteiger partial charge in [-0.1, -0.05) is 27.7 Å². The van der Waals surface area contributed by atoms with Gasteiger partial charge in [0.15, 0.2) is 22.3 Å². The first kappa shape index (κ1) is 111. The first-order valence-electron chi connectivity index (χ1n) is 41.2. The predicted octanol–water partition coefficient (Wildman–Crippen LogP) is 5.76. The molecule has 2 atom stereocenters. The quantitative estimate of drug-likeness (QED) is 0.00935. The summed E-state index contributed by atoms with van der Waals surface area (Å²) < 4.78 is 134. The van der Waals surface area contributed by atoms with E-state index in [1.807, 2.05) is 20.8 Å². The standard InChI is InChI=1S/C41H56F3N9O12.C26H26F3N7O8.C15H32N2O5/c1-25(2)33(55)51-38-50-32-31(35(57)52-38)48-27(23-47-32)24-53(37(59)41(42,43)44)28-11-9-26(10-12-28)34(56)49-29(36(58)61-6)13-14-30(54)45-15-7-17-62-19-21-64-22-20-63-18-8-16-46-39(60)65-40(3,4)5;1-12(2)20(39)34-25-33-19-18(22(41)35-25)31-14(10-30-19)11-36(24(43)26(27,28)29)15-6-4-13(5-7-15)21(40)32-16(23(42)44-3)8-9-17(37)38;1-15(2,3)22-14(18)17-7-5-9-20-11-13-21-12-10-19-8-4-6-16/h9-12,23,25,29H,7-8,13-22,24H2,1-6H3,(H,45,54)(H,46,60)(H,49,56)(H2,47,50,51,52,55,57);4-7,10,12,16H,8-9,11H2,1-3H3,(H,32,40)(H,37,38)(H2,30,33,34,35,39,41);4-13,16H2,1-3H3,(H,17,18)/t29-;16-;/m11./s1. The van der Waals surface area contributed by atoms with Crippen LogP contribution in [0.5, 0.6) is 0 Å². The van der Waals surface area contributed by atoms with Crippen LogP contribution in [0.15, 0.2) is 70.5 Å². The Morgan fingerprint density at radius 2 is 0.794 bits per heavy atom. The molecule has 0 bridgehead atoms. The molecule has 0 unspecified atom stereocenters. The molecule has 6 rings (SSSR count). The smallest absolute Gasteiger partial charge is 0.471 e. The molecule has 0 fully saturated rings. The van der Waals surface area contributed by atoms with Crippen molar-refractivity contribution in [1.29, 1.82) is 0 Å². The average molecular weight is 1870 g/mol. The van der Waals surface area contributed by atoms with E-state index in [1.54, 1.807) is 48.5 Å². The monoisotopic (exact) mass is 1860 g/mol. The van der Waals surface area contributed by atoms with Crippen LogP contribution in [0, 0.1) is 11.8 Å². The van der Waals surface area contributed by atoms with Gasteiger partial charge in [-0.15, -0.1) is 0 Å². The maximum atomic E-state index is 13.8. The lowest BCUT2D eigenvalue weighted by molar-refractivity contribution is -0.170. The zero-order valence-corrected chi connectivity index (χ0v) is 74.6. The number of nitrogens with zero attached hydrogens (tertiary/aromatic N) is 8. The van der Waals surface area contributed by atoms with Crippen LogP contribution in [0.4, 0.5) is 59.2 Å². The van der Waals surface area contributed by atoms with Crippen molar-refractivity contribution in [3.63, 3.8) is 0 Å². The van der Waals surface area contributed by atoms with Crippen LogP contribution in [-0.4, -0.2) is 272 Å². The Balaban J connectivity index is 0.000000465. The van der Waals surface area contributed by atoms with Gasteiger partial charge in [0.1, 0.15) is 23.3 Å². The number of rotatable bonds is 49. The number of aromatic nitrogens is 8. The minimum absolute atomic E-state index is 0.102. The normalized spacial score (nSPS) is 11.9. The lowest BCUT2D eigenvalue weighted by Crippen LogP contribution is -2.42. The van der Waals surface area contributed by atoms with Crippen LogP contribution in [0.2, 0.25) is 0 Å². The molecule has 0 radical (unpaired) electrons. The van der Waals surface area contributed by atoms with E-state index in [2.05, 4.69) is 81.8 Å². The van der Waals surface area contributed by atoms with E-state index in [1.165, 1.54) is 0 Å². The number of halogens is 6. The molecule has 0 aliphatic rings. The maximum absolute atomic E-state index is 13.8. The average Bonchev–Trinajstić information content (AvgIpc) is 0.796. The van der Waals surface area contributed by atoms with E-state index in [9.17, 15) is 93.5 Å². The minimum Gasteiger partial charge on any atom is -0.481 e. The number of carboxylic acids is 1. The van der Waals surface area contributed by atoms with Crippen molar-refractivity contribution < 1.29 is 136 Å². The van der Waals surface area contributed by atoms with Crippen molar-refractivity contribution in [3.05, 3.63) is 104 Å². The van der Waals surface area contributed by atoms with Gasteiger partial charge in [0.25, 0.3) is 22.9 Å². The van der Waals surface area contributed by atoms with Gasteiger partial charge in [0.2, 0.25) is 29.6 Å². The Morgan fingerprint density at radius 1 is 0.466 bits per heavy atom. The van der Waals surface area contributed by atoms with Gasteiger partial charge in [-0.2, -0.15) is 36.3 Å². The van der Waals surface area contributed by atoms with Gasteiger partial charge in [0, 0.05) is 93.2 Å². The van der Waals surface area contributed by atoms with Crippen LogP contribution in [-0.2, 0) is 98.8 Å². The molecule has 4 aromatic heterocycles. The van der Waals surface area contributed by atoms with Crippen molar-refractivity contribution >= 4 is 117 Å². The largest absolute Gasteiger partial charge is 0.481 e. The van der Waals surface area contributed by atoms with E-state index in [-0.39, 0.29) is 93.9 Å². The van der Waals surface area contributed by atoms with Gasteiger partial charge >= 0.3 is 54.3 Å². The summed E-state index contributed by atoms with van der Waals surface area (Å²) in [5.74, 6) is -11.8. The summed E-state index contributed by atoms with van der Waals surface area (Å²) in [4.78, 5) is 200. The number of nitrogens with one attached hydrogen (secondary N) is 9. The van der Waals surface area contributed by atoms with Crippen LogP contribution >= 0.6 is 0 Å². The first-order chi connectivity index (χ1) is 61.7. The number of benzene rings is 2. The number of anilines is 4. The van der Waals surface area contributed by atoms with Crippen LogP contribution < -0.4 is 63.9 Å². The fourth-order valence-electron chi connectivity index (χ4n) is 10.4. The van der Waals surface area contributed by atoms with E-state index < -0.39 is 150 Å². The number of carbonyl (C=O) groups is 12. The highest BCUT2D eigenvalue weighted by atomic mass is 19.4. The highest BCUT2D eigenvalue weighted by molar-refractivity contribution is 6.01. The Labute approximate surface area is 748 Å². The number of carboxylic acid groups (broad SMARTS) is 1. The van der Waals surface area contributed by atoms with Crippen molar-refractivity contribution in [1.82, 2.24) is 66.5 Å². The molecule has 131 heavy (non-hydrogen) atoms. The molecule has 724 valence electrons. The molecule has 6 aromatic rings. The highest BCUT2D eigenvalue weighted by Crippen LogP contribution is 2.29. The Kier molecular flexibility index (Phi) is 47.4. The molecule has 0 saturated carbocycles. The van der Waals surface area contributed by atoms with Gasteiger partial charge in [0.05, 0.1) is 104 Å². The minimum atomic E-state index is -5.34. The summed E-state index contributed by atoms with van der Waals surface area (Å²) in [7, 11) is 2.13. The van der Waals surface area contributed by atoms with E-state index >= 15 is 0 Å². The molecule has 49 heteroatoms. The number of esters is 2. The summed E-state index contributed by atoms with van der Waals surface area (Å²) >= 11 is 0. The van der Waals surface area contributed by atoms with Gasteiger partial charge in [-0.05, 0) is 135 Å². The second-order valence-corrected chi connectivity index (χ2v) is 30.7. The molecular weight excluding hydrogens is 1750 g/mol. The number of carbonyl (C=O) groups excluding carboxylic acids is 11. The number of hydrogen-bond donors (Lipinski definition) is 11. The number of fused-ring (bicyclic) bond motifs is 2.